The Morgan fingerprint density at radius 3 is 2.38 bits per heavy atom. The zero-order valence-corrected chi connectivity index (χ0v) is 8.48. The van der Waals surface area contributed by atoms with Crippen LogP contribution in [-0.2, 0) is 9.26 Å². The van der Waals surface area contributed by atoms with Gasteiger partial charge >= 0.3 is 0 Å². The van der Waals surface area contributed by atoms with Gasteiger partial charge in [0.25, 0.3) is 0 Å². The molecule has 0 bridgehead atoms. The summed E-state index contributed by atoms with van der Waals surface area (Å²) in [5, 5.41) is 28.1. The predicted octanol–water partition coefficient (Wildman–Crippen LogP) is -1.34. The molecule has 5 nitrogen and oxygen atoms in total. The topological polar surface area (TPSA) is 79.2 Å². The van der Waals surface area contributed by atoms with Gasteiger partial charge in [-0.2, -0.15) is 0 Å². The number of hydrogen-bond donors (Lipinski definition) is 3. The van der Waals surface area contributed by atoms with Gasteiger partial charge in [0.15, 0.2) is 0 Å². The minimum atomic E-state index is -1.17. The molecule has 0 aliphatic carbocycles. The van der Waals surface area contributed by atoms with Gasteiger partial charge in [-0.1, -0.05) is 0 Å². The molecule has 1 aliphatic heterocycles. The van der Waals surface area contributed by atoms with Crippen LogP contribution in [0.2, 0.25) is 0 Å². The molecule has 0 aromatic carbocycles. The zero-order chi connectivity index (χ0) is 10.0. The molecule has 1 heterocycles. The molecule has 1 rings (SSSR count). The number of aliphatic hydroxyl groups is 3. The lowest BCUT2D eigenvalue weighted by Gasteiger charge is -2.38. The van der Waals surface area contributed by atoms with Gasteiger partial charge in [-0.25, -0.2) is 0 Å². The molecule has 1 saturated heterocycles. The summed E-state index contributed by atoms with van der Waals surface area (Å²) < 4.78 is 9.95. The summed E-state index contributed by atoms with van der Waals surface area (Å²) in [5.41, 5.74) is 0. The lowest BCUT2D eigenvalue weighted by atomic mass is 9.96. The highest BCUT2D eigenvalue weighted by atomic mass is 31.0. The molecule has 0 amide bonds. The van der Waals surface area contributed by atoms with E-state index < -0.39 is 30.5 Å². The van der Waals surface area contributed by atoms with E-state index in [2.05, 4.69) is 0 Å². The van der Waals surface area contributed by atoms with Gasteiger partial charge in [-0.05, 0) is 6.92 Å². The molecule has 0 aromatic rings. The van der Waals surface area contributed by atoms with Gasteiger partial charge in [0.2, 0.25) is 0 Å². The van der Waals surface area contributed by atoms with Crippen molar-refractivity contribution in [3.05, 3.63) is 0 Å². The molecule has 1 fully saturated rings. The summed E-state index contributed by atoms with van der Waals surface area (Å²) in [5.74, 6) is 0. The Bertz CT molecular complexity index is 167. The third-order valence-corrected chi connectivity index (χ3v) is 2.40. The fourth-order valence-electron chi connectivity index (χ4n) is 1.37. The van der Waals surface area contributed by atoms with E-state index >= 15 is 0 Å². The van der Waals surface area contributed by atoms with Crippen LogP contribution in [0.25, 0.3) is 0 Å². The monoisotopic (exact) mass is 210 g/mol. The van der Waals surface area contributed by atoms with Crippen molar-refractivity contribution in [1.29, 1.82) is 0 Å². The Balaban J connectivity index is 2.59. The van der Waals surface area contributed by atoms with E-state index in [1.54, 1.807) is 6.92 Å². The van der Waals surface area contributed by atoms with E-state index in [1.807, 2.05) is 9.47 Å². The highest BCUT2D eigenvalue weighted by molar-refractivity contribution is 7.09. The Morgan fingerprint density at radius 2 is 1.85 bits per heavy atom. The quantitative estimate of drug-likeness (QED) is 0.492. The first-order valence-electron chi connectivity index (χ1n) is 4.09. The fraction of sp³-hybridized carbons (Fsp3) is 1.00. The molecule has 1 aliphatic rings. The van der Waals surface area contributed by atoms with Crippen LogP contribution in [0, 0.1) is 0 Å². The largest absolute Gasteiger partial charge is 0.388 e. The third-order valence-electron chi connectivity index (χ3n) is 2.21. The van der Waals surface area contributed by atoms with Gasteiger partial charge < -0.3 is 24.6 Å². The van der Waals surface area contributed by atoms with Crippen molar-refractivity contribution in [2.75, 3.05) is 6.61 Å². The standard InChI is InChI=1S/C7H15O5P/c1-3-5(8)7(10)6(9)4(12-3)2-11-13/h3-10H,2,13H2,1H3. The molecular weight excluding hydrogens is 195 g/mol. The Hall–Kier alpha value is 0.230. The van der Waals surface area contributed by atoms with E-state index in [1.165, 1.54) is 0 Å². The predicted molar refractivity (Wildman–Crippen MR) is 48.0 cm³/mol. The number of ether oxygens (including phenoxy) is 1. The average Bonchev–Trinajstić information content (AvgIpc) is 2.11. The number of hydrogen-bond acceptors (Lipinski definition) is 5. The fourth-order valence-corrected chi connectivity index (χ4v) is 1.56. The van der Waals surface area contributed by atoms with Crippen LogP contribution in [0.15, 0.2) is 0 Å². The molecule has 6 unspecified atom stereocenters. The minimum absolute atomic E-state index is 0.167. The molecular formula is C7H15O5P. The maximum absolute atomic E-state index is 9.43. The van der Waals surface area contributed by atoms with E-state index in [4.69, 9.17) is 9.26 Å². The van der Waals surface area contributed by atoms with Crippen molar-refractivity contribution in [3.63, 3.8) is 0 Å². The first-order valence-corrected chi connectivity index (χ1v) is 4.56. The first-order chi connectivity index (χ1) is 6.07. The number of aliphatic hydroxyl groups excluding tert-OH is 3. The zero-order valence-electron chi connectivity index (χ0n) is 7.33. The summed E-state index contributed by atoms with van der Waals surface area (Å²) in [6.45, 7) is 1.80. The van der Waals surface area contributed by atoms with Gasteiger partial charge in [-0.3, -0.25) is 0 Å². The van der Waals surface area contributed by atoms with Crippen molar-refractivity contribution < 1.29 is 24.6 Å². The van der Waals surface area contributed by atoms with Gasteiger partial charge in [0.1, 0.15) is 24.4 Å². The van der Waals surface area contributed by atoms with E-state index in [0.29, 0.717) is 0 Å². The van der Waals surface area contributed by atoms with Gasteiger partial charge in [0.05, 0.1) is 12.7 Å². The average molecular weight is 210 g/mol. The van der Waals surface area contributed by atoms with Crippen LogP contribution in [0.1, 0.15) is 6.92 Å². The molecule has 13 heavy (non-hydrogen) atoms. The molecule has 0 radical (unpaired) electrons. The summed E-state index contributed by atoms with van der Waals surface area (Å²) in [6.07, 6.45) is -4.41. The normalized spacial score (nSPS) is 46.4. The molecule has 0 aromatic heterocycles. The lowest BCUT2D eigenvalue weighted by Crippen LogP contribution is -2.57. The molecule has 6 heteroatoms. The van der Waals surface area contributed by atoms with Crippen LogP contribution in [-0.4, -0.2) is 52.4 Å². The molecule has 0 spiro atoms. The number of rotatable bonds is 2. The molecule has 3 N–H and O–H groups in total. The van der Waals surface area contributed by atoms with Crippen LogP contribution in [0.4, 0.5) is 0 Å². The maximum atomic E-state index is 9.43. The van der Waals surface area contributed by atoms with Crippen molar-refractivity contribution in [3.8, 4) is 0 Å². The van der Waals surface area contributed by atoms with Gasteiger partial charge in [-0.15, -0.1) is 0 Å². The minimum Gasteiger partial charge on any atom is -0.388 e. The van der Waals surface area contributed by atoms with Gasteiger partial charge in [0, 0.05) is 9.47 Å². The maximum Gasteiger partial charge on any atom is 0.111 e. The van der Waals surface area contributed by atoms with Crippen molar-refractivity contribution in [2.24, 2.45) is 0 Å². The Labute approximate surface area is 78.9 Å². The SMILES string of the molecule is CC1OC(COP)C(O)C(O)C1O. The third kappa shape index (κ3) is 2.37. The van der Waals surface area contributed by atoms with Crippen LogP contribution in [0.5, 0.6) is 0 Å². The Kier molecular flexibility index (Phi) is 4.04. The van der Waals surface area contributed by atoms with Crippen LogP contribution in [0.3, 0.4) is 0 Å². The lowest BCUT2D eigenvalue weighted by molar-refractivity contribution is -0.221. The molecule has 78 valence electrons. The van der Waals surface area contributed by atoms with Crippen LogP contribution < -0.4 is 0 Å². The summed E-state index contributed by atoms with van der Waals surface area (Å²) in [7, 11) is 2.04. The van der Waals surface area contributed by atoms with E-state index in [-0.39, 0.29) is 6.61 Å². The second-order valence-corrected chi connectivity index (χ2v) is 3.52. The van der Waals surface area contributed by atoms with Crippen molar-refractivity contribution >= 4 is 9.47 Å². The highest BCUT2D eigenvalue weighted by Gasteiger charge is 2.41. The second-order valence-electron chi connectivity index (χ2n) is 3.18. The smallest absolute Gasteiger partial charge is 0.111 e. The summed E-state index contributed by atoms with van der Waals surface area (Å²) in [6, 6.07) is 0. The Morgan fingerprint density at radius 1 is 1.23 bits per heavy atom. The van der Waals surface area contributed by atoms with Crippen molar-refractivity contribution in [2.45, 2.75) is 37.4 Å². The summed E-state index contributed by atoms with van der Waals surface area (Å²) >= 11 is 0. The van der Waals surface area contributed by atoms with E-state index in [0.717, 1.165) is 0 Å². The highest BCUT2D eigenvalue weighted by Crippen LogP contribution is 2.21. The first kappa shape index (κ1) is 11.3. The van der Waals surface area contributed by atoms with E-state index in [9.17, 15) is 15.3 Å². The molecule has 0 saturated carbocycles. The second kappa shape index (κ2) is 4.64. The van der Waals surface area contributed by atoms with Crippen LogP contribution >= 0.6 is 9.47 Å². The van der Waals surface area contributed by atoms with Crippen molar-refractivity contribution in [1.82, 2.24) is 0 Å². The molecule has 6 atom stereocenters. The summed E-state index contributed by atoms with van der Waals surface area (Å²) in [4.78, 5) is 0.